The van der Waals surface area contributed by atoms with Crippen LogP contribution in [0.1, 0.15) is 97.6 Å². The zero-order valence-electron chi connectivity index (χ0n) is 24.2. The molecule has 0 spiro atoms. The van der Waals surface area contributed by atoms with Crippen molar-refractivity contribution in [2.45, 2.75) is 104 Å². The Hall–Kier alpha value is -2.42. The molecule has 1 rings (SSSR count). The van der Waals surface area contributed by atoms with Crippen LogP contribution in [0.4, 0.5) is 4.79 Å². The lowest BCUT2D eigenvalue weighted by atomic mass is 10.0. The molecule has 0 aliphatic carbocycles. The van der Waals surface area contributed by atoms with Gasteiger partial charge in [0.05, 0.1) is 0 Å². The van der Waals surface area contributed by atoms with Crippen molar-refractivity contribution in [2.24, 2.45) is 0 Å². The minimum absolute atomic E-state index is 0.0840. The van der Waals surface area contributed by atoms with Crippen molar-refractivity contribution in [1.82, 2.24) is 15.5 Å². The van der Waals surface area contributed by atoms with Crippen LogP contribution in [-0.2, 0) is 14.3 Å². The molecule has 216 valence electrons. The average molecular weight is 552 g/mol. The van der Waals surface area contributed by atoms with Crippen LogP contribution >= 0.6 is 11.8 Å². The van der Waals surface area contributed by atoms with E-state index in [0.29, 0.717) is 30.8 Å². The van der Waals surface area contributed by atoms with E-state index in [9.17, 15) is 19.5 Å². The normalized spacial score (nSPS) is 12.9. The fraction of sp³-hybridized carbons (Fsp3) is 0.690. The Morgan fingerprint density at radius 1 is 1.00 bits per heavy atom. The third-order valence-corrected chi connectivity index (χ3v) is 6.63. The predicted molar refractivity (Wildman–Crippen MR) is 155 cm³/mol. The molecule has 1 aromatic rings. The fourth-order valence-corrected chi connectivity index (χ4v) is 4.48. The van der Waals surface area contributed by atoms with Gasteiger partial charge in [-0.1, -0.05) is 58.1 Å². The number of ether oxygens (including phenoxy) is 1. The van der Waals surface area contributed by atoms with E-state index in [1.165, 1.54) is 12.1 Å². The van der Waals surface area contributed by atoms with Crippen molar-refractivity contribution in [3.8, 4) is 5.75 Å². The number of aromatic hydroxyl groups is 1. The Morgan fingerprint density at radius 2 is 1.63 bits per heavy atom. The molecule has 0 aliphatic rings. The molecule has 0 saturated carbocycles. The summed E-state index contributed by atoms with van der Waals surface area (Å²) >= 11 is 1.58. The molecule has 3 amide bonds. The summed E-state index contributed by atoms with van der Waals surface area (Å²) in [6.45, 7) is 10.4. The summed E-state index contributed by atoms with van der Waals surface area (Å²) in [6, 6.07) is 4.68. The summed E-state index contributed by atoms with van der Waals surface area (Å²) in [5.74, 6) is 0.153. The molecule has 0 saturated heterocycles. The Labute approximate surface area is 233 Å². The number of rotatable bonds is 17. The third-order valence-electron chi connectivity index (χ3n) is 5.98. The van der Waals surface area contributed by atoms with E-state index < -0.39 is 23.8 Å². The van der Waals surface area contributed by atoms with E-state index in [1.54, 1.807) is 49.6 Å². The Balaban J connectivity index is 3.38. The number of hydrogen-bond acceptors (Lipinski definition) is 6. The molecule has 1 aromatic carbocycles. The first-order valence-corrected chi connectivity index (χ1v) is 15.3. The molecular weight excluding hydrogens is 502 g/mol. The second-order valence-electron chi connectivity index (χ2n) is 10.6. The molecule has 0 bridgehead atoms. The van der Waals surface area contributed by atoms with Crippen LogP contribution in [0.2, 0.25) is 0 Å². The summed E-state index contributed by atoms with van der Waals surface area (Å²) in [4.78, 5) is 41.9. The highest BCUT2D eigenvalue weighted by Gasteiger charge is 2.35. The molecule has 0 heterocycles. The topological polar surface area (TPSA) is 108 Å². The zero-order chi connectivity index (χ0) is 28.6. The number of benzene rings is 1. The van der Waals surface area contributed by atoms with Crippen LogP contribution in [0.3, 0.4) is 0 Å². The van der Waals surface area contributed by atoms with Gasteiger partial charge in [-0.25, -0.2) is 4.79 Å². The maximum Gasteiger partial charge on any atom is 0.408 e. The van der Waals surface area contributed by atoms with Crippen molar-refractivity contribution in [3.63, 3.8) is 0 Å². The number of carbonyl (C=O) groups is 3. The Morgan fingerprint density at radius 3 is 2.21 bits per heavy atom. The van der Waals surface area contributed by atoms with Gasteiger partial charge >= 0.3 is 6.09 Å². The molecule has 2 atom stereocenters. The molecule has 38 heavy (non-hydrogen) atoms. The molecule has 3 N–H and O–H groups in total. The number of nitrogens with zero attached hydrogens (tertiary/aromatic N) is 1. The van der Waals surface area contributed by atoms with Crippen LogP contribution < -0.4 is 10.6 Å². The average Bonchev–Trinajstić information content (AvgIpc) is 2.85. The summed E-state index contributed by atoms with van der Waals surface area (Å²) in [7, 11) is 0. The van der Waals surface area contributed by atoms with E-state index >= 15 is 0 Å². The number of unbranched alkanes of at least 4 members (excludes halogenated alkanes) is 5. The van der Waals surface area contributed by atoms with E-state index in [-0.39, 0.29) is 17.6 Å². The summed E-state index contributed by atoms with van der Waals surface area (Å²) in [6.07, 6.45) is 8.41. The monoisotopic (exact) mass is 551 g/mol. The van der Waals surface area contributed by atoms with Gasteiger partial charge in [0.25, 0.3) is 0 Å². The maximum absolute atomic E-state index is 14.1. The first-order valence-electron chi connectivity index (χ1n) is 13.9. The molecule has 0 fully saturated rings. The second kappa shape index (κ2) is 18.0. The number of nitrogens with one attached hydrogen (secondary N) is 2. The van der Waals surface area contributed by atoms with Gasteiger partial charge in [-0.15, -0.1) is 0 Å². The van der Waals surface area contributed by atoms with Crippen molar-refractivity contribution in [1.29, 1.82) is 0 Å². The van der Waals surface area contributed by atoms with Gasteiger partial charge in [-0.3, -0.25) is 9.59 Å². The zero-order valence-corrected chi connectivity index (χ0v) is 25.0. The fourth-order valence-electron chi connectivity index (χ4n) is 4.01. The minimum Gasteiger partial charge on any atom is -0.508 e. The Bertz CT molecular complexity index is 842. The highest BCUT2D eigenvalue weighted by atomic mass is 32.2. The predicted octanol–water partition coefficient (Wildman–Crippen LogP) is 5.80. The van der Waals surface area contributed by atoms with Gasteiger partial charge in [0.1, 0.15) is 23.4 Å². The van der Waals surface area contributed by atoms with Crippen LogP contribution in [0.5, 0.6) is 5.75 Å². The first-order chi connectivity index (χ1) is 18.0. The number of phenolic OH excluding ortho intramolecular Hbond substituents is 1. The maximum atomic E-state index is 14.1. The van der Waals surface area contributed by atoms with Crippen molar-refractivity contribution in [3.05, 3.63) is 29.8 Å². The van der Waals surface area contributed by atoms with E-state index in [4.69, 9.17) is 4.74 Å². The van der Waals surface area contributed by atoms with Crippen LogP contribution in [0.15, 0.2) is 24.3 Å². The number of amides is 3. The number of thioether (sulfide) groups is 1. The van der Waals surface area contributed by atoms with Gasteiger partial charge in [0, 0.05) is 13.1 Å². The highest BCUT2D eigenvalue weighted by molar-refractivity contribution is 7.98. The van der Waals surface area contributed by atoms with Crippen molar-refractivity contribution in [2.75, 3.05) is 25.1 Å². The van der Waals surface area contributed by atoms with Crippen molar-refractivity contribution >= 4 is 29.7 Å². The summed E-state index contributed by atoms with van der Waals surface area (Å²) in [5.41, 5.74) is -0.0937. The molecule has 9 heteroatoms. The lowest BCUT2D eigenvalue weighted by molar-refractivity contribution is -0.142. The van der Waals surface area contributed by atoms with Crippen molar-refractivity contribution < 1.29 is 24.2 Å². The SMILES string of the molecule is CCCCCCCN(C(=O)C(CCSC)NC(=O)OC(C)(C)C)C(C(=O)NCCCC)c1ccc(O)cc1. The lowest BCUT2D eigenvalue weighted by Gasteiger charge is -2.34. The number of alkyl carbamates (subject to hydrolysis) is 1. The smallest absolute Gasteiger partial charge is 0.408 e. The summed E-state index contributed by atoms with van der Waals surface area (Å²) in [5, 5.41) is 15.6. The van der Waals surface area contributed by atoms with Gasteiger partial charge in [0.2, 0.25) is 11.8 Å². The van der Waals surface area contributed by atoms with Crippen LogP contribution in [0.25, 0.3) is 0 Å². The van der Waals surface area contributed by atoms with Gasteiger partial charge < -0.3 is 25.4 Å². The second-order valence-corrected chi connectivity index (χ2v) is 11.6. The number of phenols is 1. The standard InChI is InChI=1S/C29H49N3O5S/c1-7-9-11-12-13-20-32(27(35)24(18-21-38-6)31-28(36)37-29(3,4)5)25(26(34)30-19-10-8-2)22-14-16-23(33)17-15-22/h14-17,24-25,33H,7-13,18-21H2,1-6H3,(H,30,34)(H,31,36). The first kappa shape index (κ1) is 33.6. The van der Waals surface area contributed by atoms with Gasteiger partial charge in [-0.05, 0) is 69.7 Å². The summed E-state index contributed by atoms with van der Waals surface area (Å²) < 4.78 is 5.44. The number of carbonyl (C=O) groups excluding carboxylic acids is 3. The molecule has 0 aliphatic heterocycles. The molecular formula is C29H49N3O5S. The van der Waals surface area contributed by atoms with Crippen LogP contribution in [-0.4, -0.2) is 64.7 Å². The van der Waals surface area contributed by atoms with E-state index in [1.807, 2.05) is 6.26 Å². The number of hydrogen-bond donors (Lipinski definition) is 3. The van der Waals surface area contributed by atoms with E-state index in [0.717, 1.165) is 44.9 Å². The van der Waals surface area contributed by atoms with E-state index in [2.05, 4.69) is 24.5 Å². The Kier molecular flexibility index (Phi) is 15.9. The lowest BCUT2D eigenvalue weighted by Crippen LogP contribution is -2.53. The minimum atomic E-state index is -0.886. The third kappa shape index (κ3) is 12.9. The highest BCUT2D eigenvalue weighted by Crippen LogP contribution is 2.26. The largest absolute Gasteiger partial charge is 0.508 e. The molecule has 8 nitrogen and oxygen atoms in total. The quantitative estimate of drug-likeness (QED) is 0.211. The molecule has 0 aromatic heterocycles. The van der Waals surface area contributed by atoms with Gasteiger partial charge in [0.15, 0.2) is 0 Å². The molecule has 2 unspecified atom stereocenters. The van der Waals surface area contributed by atoms with Gasteiger partial charge in [-0.2, -0.15) is 11.8 Å². The molecule has 0 radical (unpaired) electrons. The van der Waals surface area contributed by atoms with Crippen LogP contribution in [0, 0.1) is 0 Å².